The summed E-state index contributed by atoms with van der Waals surface area (Å²) in [6, 6.07) is 2.80. The van der Waals surface area contributed by atoms with Gasteiger partial charge >= 0.3 is 0 Å². The van der Waals surface area contributed by atoms with E-state index < -0.39 is 0 Å². The number of hydrogen-bond acceptors (Lipinski definition) is 2. The average Bonchev–Trinajstić information content (AvgIpc) is 2.27. The molecule has 1 fully saturated rings. The largest absolute Gasteiger partial charge is 0.319 e. The summed E-state index contributed by atoms with van der Waals surface area (Å²) in [7, 11) is 1.82. The Kier molecular flexibility index (Phi) is 3.74. The van der Waals surface area contributed by atoms with Crippen LogP contribution in [0.2, 0.25) is 5.02 Å². The monoisotopic (exact) mass is 269 g/mol. The van der Waals surface area contributed by atoms with Crippen LogP contribution in [0.4, 0.5) is 4.39 Å². The van der Waals surface area contributed by atoms with Crippen molar-refractivity contribution < 1.29 is 9.18 Å². The van der Waals surface area contributed by atoms with Gasteiger partial charge in [-0.2, -0.15) is 0 Å². The number of nitrogens with one attached hydrogen (secondary N) is 1. The molecule has 1 saturated carbocycles. The van der Waals surface area contributed by atoms with E-state index in [0.717, 1.165) is 19.3 Å². The molecule has 1 N–H and O–H groups in total. The molecule has 1 aromatic rings. The van der Waals surface area contributed by atoms with Crippen LogP contribution in [-0.2, 0) is 0 Å². The Morgan fingerprint density at radius 2 is 2.17 bits per heavy atom. The van der Waals surface area contributed by atoms with Gasteiger partial charge in [0, 0.05) is 17.5 Å². The van der Waals surface area contributed by atoms with E-state index in [-0.39, 0.29) is 17.0 Å². The molecule has 0 spiro atoms. The van der Waals surface area contributed by atoms with Gasteiger partial charge in [0.2, 0.25) is 0 Å². The van der Waals surface area contributed by atoms with Crippen molar-refractivity contribution in [3.8, 4) is 0 Å². The van der Waals surface area contributed by atoms with E-state index in [1.807, 2.05) is 7.05 Å². The maximum atomic E-state index is 13.6. The molecule has 2 rings (SSSR count). The highest BCUT2D eigenvalue weighted by Crippen LogP contribution is 2.44. The van der Waals surface area contributed by atoms with E-state index >= 15 is 0 Å². The van der Waals surface area contributed by atoms with Crippen molar-refractivity contribution in [2.75, 3.05) is 13.6 Å². The molecule has 0 unspecified atom stereocenters. The van der Waals surface area contributed by atoms with Crippen LogP contribution in [0.15, 0.2) is 12.1 Å². The van der Waals surface area contributed by atoms with Gasteiger partial charge in [0.05, 0.1) is 5.02 Å². The van der Waals surface area contributed by atoms with Crippen molar-refractivity contribution >= 4 is 17.4 Å². The van der Waals surface area contributed by atoms with Gasteiger partial charge in [-0.3, -0.25) is 4.79 Å². The highest BCUT2D eigenvalue weighted by Gasteiger charge is 2.44. The van der Waals surface area contributed by atoms with Gasteiger partial charge in [-0.1, -0.05) is 18.0 Å². The summed E-state index contributed by atoms with van der Waals surface area (Å²) >= 11 is 6.08. The highest BCUT2D eigenvalue weighted by molar-refractivity contribution is 6.34. The van der Waals surface area contributed by atoms with E-state index in [0.29, 0.717) is 22.7 Å². The first-order chi connectivity index (χ1) is 8.50. The topological polar surface area (TPSA) is 29.1 Å². The molecular weight excluding hydrogens is 253 g/mol. The van der Waals surface area contributed by atoms with E-state index in [2.05, 4.69) is 5.32 Å². The second-order valence-electron chi connectivity index (χ2n) is 5.07. The zero-order chi connectivity index (χ0) is 13.3. The number of ketones is 1. The minimum absolute atomic E-state index is 0.0352. The zero-order valence-electron chi connectivity index (χ0n) is 10.6. The number of Topliss-reactive ketones (excluding diaryl/α,β-unsaturated/α-hetero) is 1. The quantitative estimate of drug-likeness (QED) is 0.850. The number of benzene rings is 1. The number of aryl methyl sites for hydroxylation is 1. The lowest BCUT2D eigenvalue weighted by molar-refractivity contribution is 0.0614. The van der Waals surface area contributed by atoms with Crippen molar-refractivity contribution in [2.24, 2.45) is 5.41 Å². The third-order valence-electron chi connectivity index (χ3n) is 3.80. The van der Waals surface area contributed by atoms with Crippen molar-refractivity contribution in [2.45, 2.75) is 26.2 Å². The summed E-state index contributed by atoms with van der Waals surface area (Å²) in [5, 5.41) is 3.40. The fraction of sp³-hybridized carbons (Fsp3) is 0.500. The second-order valence-corrected chi connectivity index (χ2v) is 5.48. The molecule has 0 heterocycles. The van der Waals surface area contributed by atoms with Crippen molar-refractivity contribution in [1.82, 2.24) is 5.32 Å². The van der Waals surface area contributed by atoms with Crippen LogP contribution < -0.4 is 5.32 Å². The molecule has 0 radical (unpaired) electrons. The summed E-state index contributed by atoms with van der Waals surface area (Å²) in [4.78, 5) is 12.5. The van der Waals surface area contributed by atoms with Crippen LogP contribution in [0.3, 0.4) is 0 Å². The van der Waals surface area contributed by atoms with Gasteiger partial charge in [0.15, 0.2) is 5.78 Å². The van der Waals surface area contributed by atoms with Crippen molar-refractivity contribution in [3.63, 3.8) is 0 Å². The first-order valence-electron chi connectivity index (χ1n) is 6.15. The van der Waals surface area contributed by atoms with Gasteiger partial charge in [0.1, 0.15) is 5.82 Å². The molecular formula is C14H17ClFNO. The zero-order valence-corrected chi connectivity index (χ0v) is 11.4. The maximum absolute atomic E-state index is 13.6. The molecule has 0 aromatic heterocycles. The summed E-state index contributed by atoms with van der Waals surface area (Å²) in [6.45, 7) is 2.26. The minimum atomic E-state index is -0.389. The number of carbonyl (C=O) groups is 1. The molecule has 1 aromatic carbocycles. The molecule has 0 bridgehead atoms. The second kappa shape index (κ2) is 4.98. The summed E-state index contributed by atoms with van der Waals surface area (Å²) in [5.74, 6) is -0.409. The number of rotatable bonds is 4. The lowest BCUT2D eigenvalue weighted by Crippen LogP contribution is -2.45. The van der Waals surface area contributed by atoms with Crippen molar-refractivity contribution in [1.29, 1.82) is 0 Å². The minimum Gasteiger partial charge on any atom is -0.319 e. The molecule has 98 valence electrons. The van der Waals surface area contributed by atoms with Crippen LogP contribution in [0.5, 0.6) is 0 Å². The van der Waals surface area contributed by atoms with Crippen LogP contribution in [-0.4, -0.2) is 19.4 Å². The molecule has 0 atom stereocenters. The van der Waals surface area contributed by atoms with Crippen LogP contribution in [0, 0.1) is 18.2 Å². The van der Waals surface area contributed by atoms with E-state index in [4.69, 9.17) is 11.6 Å². The summed E-state index contributed by atoms with van der Waals surface area (Å²) < 4.78 is 13.6. The first kappa shape index (κ1) is 13.5. The van der Waals surface area contributed by atoms with Gasteiger partial charge < -0.3 is 5.32 Å². The first-order valence-corrected chi connectivity index (χ1v) is 6.53. The predicted molar refractivity (Wildman–Crippen MR) is 70.7 cm³/mol. The third-order valence-corrected chi connectivity index (χ3v) is 4.11. The highest BCUT2D eigenvalue weighted by atomic mass is 35.5. The van der Waals surface area contributed by atoms with Crippen LogP contribution in [0.1, 0.15) is 35.2 Å². The summed E-state index contributed by atoms with van der Waals surface area (Å²) in [5.41, 5.74) is 0.391. The van der Waals surface area contributed by atoms with Gasteiger partial charge in [-0.15, -0.1) is 0 Å². The lowest BCUT2D eigenvalue weighted by Gasteiger charge is -2.40. The van der Waals surface area contributed by atoms with Crippen LogP contribution >= 0.6 is 11.6 Å². The average molecular weight is 270 g/mol. The third kappa shape index (κ3) is 2.17. The fourth-order valence-corrected chi connectivity index (χ4v) is 2.84. The Hall–Kier alpha value is -0.930. The molecule has 0 amide bonds. The number of carbonyl (C=O) groups excluding carboxylic acids is 1. The Morgan fingerprint density at radius 1 is 1.50 bits per heavy atom. The number of hydrogen-bond donors (Lipinski definition) is 1. The molecule has 0 saturated heterocycles. The predicted octanol–water partition coefficient (Wildman–Crippen LogP) is 3.36. The molecule has 1 aliphatic rings. The standard InChI is InChI=1S/C14H17ClFNO/c1-9-6-11(15)10(7-12(9)16)13(18)14(8-17-2)4-3-5-14/h6-7,17H,3-5,8H2,1-2H3. The Labute approximate surface area is 112 Å². The SMILES string of the molecule is CNCC1(C(=O)c2cc(F)c(C)cc2Cl)CCC1. The maximum Gasteiger partial charge on any atom is 0.171 e. The molecule has 0 aliphatic heterocycles. The Balaban J connectivity index is 2.36. The van der Waals surface area contributed by atoms with E-state index in [1.54, 1.807) is 6.92 Å². The normalized spacial score (nSPS) is 17.3. The van der Waals surface area contributed by atoms with Gasteiger partial charge in [0.25, 0.3) is 0 Å². The Bertz CT molecular complexity index is 483. The fourth-order valence-electron chi connectivity index (χ4n) is 2.53. The van der Waals surface area contributed by atoms with E-state index in [9.17, 15) is 9.18 Å². The van der Waals surface area contributed by atoms with Crippen molar-refractivity contribution in [3.05, 3.63) is 34.1 Å². The van der Waals surface area contributed by atoms with Gasteiger partial charge in [-0.05, 0) is 44.5 Å². The molecule has 2 nitrogen and oxygen atoms in total. The lowest BCUT2D eigenvalue weighted by atomic mass is 9.64. The van der Waals surface area contributed by atoms with E-state index in [1.165, 1.54) is 12.1 Å². The summed E-state index contributed by atoms with van der Waals surface area (Å²) in [6.07, 6.45) is 2.73. The molecule has 1 aliphatic carbocycles. The Morgan fingerprint density at radius 3 is 2.67 bits per heavy atom. The molecule has 18 heavy (non-hydrogen) atoms. The number of halogens is 2. The molecule has 4 heteroatoms. The smallest absolute Gasteiger partial charge is 0.171 e. The van der Waals surface area contributed by atoms with Gasteiger partial charge in [-0.25, -0.2) is 4.39 Å². The van der Waals surface area contributed by atoms with Crippen LogP contribution in [0.25, 0.3) is 0 Å².